The number of nitro groups is 1. The fraction of sp³-hybridized carbons (Fsp3) is 0.333. The van der Waals surface area contributed by atoms with Crippen molar-refractivity contribution in [2.75, 3.05) is 19.5 Å². The number of ether oxygens (including phenoxy) is 1. The smallest absolute Gasteiger partial charge is 0.271 e. The van der Waals surface area contributed by atoms with Gasteiger partial charge in [-0.15, -0.1) is 0 Å². The van der Waals surface area contributed by atoms with Gasteiger partial charge in [0.25, 0.3) is 11.6 Å². The molecule has 0 bridgehead atoms. The minimum absolute atomic E-state index is 0.0151. The summed E-state index contributed by atoms with van der Waals surface area (Å²) in [6, 6.07) is 3.28. The molecule has 106 valence electrons. The third kappa shape index (κ3) is 2.40. The molecule has 0 saturated carbocycles. The minimum Gasteiger partial charge on any atom is -0.495 e. The monoisotopic (exact) mass is 279 g/mol. The van der Waals surface area contributed by atoms with Crippen LogP contribution in [-0.4, -0.2) is 41.8 Å². The maximum absolute atomic E-state index is 11.8. The number of rotatable bonds is 4. The zero-order valence-electron chi connectivity index (χ0n) is 11.0. The lowest BCUT2D eigenvalue weighted by molar-refractivity contribution is -0.384. The summed E-state index contributed by atoms with van der Waals surface area (Å²) in [7, 11) is 2.82. The first-order chi connectivity index (χ1) is 9.43. The molecule has 1 aliphatic rings. The van der Waals surface area contributed by atoms with E-state index in [4.69, 9.17) is 4.74 Å². The van der Waals surface area contributed by atoms with Gasteiger partial charge in [-0.2, -0.15) is 0 Å². The maximum atomic E-state index is 11.8. The van der Waals surface area contributed by atoms with Crippen LogP contribution in [-0.2, 0) is 9.59 Å². The molecule has 1 heterocycles. The first-order valence-corrected chi connectivity index (χ1v) is 5.83. The number of amides is 2. The third-order valence-electron chi connectivity index (χ3n) is 3.11. The van der Waals surface area contributed by atoms with Gasteiger partial charge >= 0.3 is 0 Å². The highest BCUT2D eigenvalue weighted by Crippen LogP contribution is 2.30. The zero-order valence-corrected chi connectivity index (χ0v) is 11.0. The lowest BCUT2D eigenvalue weighted by atomic mass is 10.2. The van der Waals surface area contributed by atoms with Gasteiger partial charge in [0.1, 0.15) is 11.8 Å². The maximum Gasteiger partial charge on any atom is 0.271 e. The molecule has 1 saturated heterocycles. The lowest BCUT2D eigenvalue weighted by Crippen LogP contribution is -2.31. The number of nitrogens with zero attached hydrogens (tertiary/aromatic N) is 2. The molecule has 0 radical (unpaired) electrons. The molecule has 8 nitrogen and oxygen atoms in total. The first-order valence-electron chi connectivity index (χ1n) is 5.83. The van der Waals surface area contributed by atoms with Crippen LogP contribution >= 0.6 is 0 Å². The van der Waals surface area contributed by atoms with E-state index in [1.54, 1.807) is 0 Å². The van der Waals surface area contributed by atoms with Gasteiger partial charge in [0.2, 0.25) is 5.91 Å². The number of hydrogen-bond donors (Lipinski definition) is 1. The van der Waals surface area contributed by atoms with Crippen LogP contribution in [0.4, 0.5) is 11.4 Å². The molecule has 0 aromatic heterocycles. The number of hydrogen-bond acceptors (Lipinski definition) is 6. The molecule has 2 rings (SSSR count). The second-order valence-corrected chi connectivity index (χ2v) is 4.33. The normalized spacial score (nSPS) is 18.3. The molecule has 2 amide bonds. The van der Waals surface area contributed by atoms with Crippen LogP contribution in [0.3, 0.4) is 0 Å². The van der Waals surface area contributed by atoms with E-state index in [9.17, 15) is 19.7 Å². The number of carbonyl (C=O) groups excluding carboxylic acids is 2. The van der Waals surface area contributed by atoms with Gasteiger partial charge in [-0.3, -0.25) is 24.6 Å². The van der Waals surface area contributed by atoms with E-state index in [2.05, 4.69) is 5.32 Å². The Labute approximate surface area is 114 Å². The molecule has 1 aromatic rings. The Hall–Kier alpha value is -2.64. The number of likely N-dealkylation sites (N-methyl/N-ethyl adjacent to an activating group) is 1. The summed E-state index contributed by atoms with van der Waals surface area (Å²) in [5.41, 5.74) is 0.182. The summed E-state index contributed by atoms with van der Waals surface area (Å²) in [5.74, 6) is -0.300. The van der Waals surface area contributed by atoms with Crippen LogP contribution in [0.15, 0.2) is 18.2 Å². The van der Waals surface area contributed by atoms with Crippen molar-refractivity contribution in [1.82, 2.24) is 4.90 Å². The average molecular weight is 279 g/mol. The lowest BCUT2D eigenvalue weighted by Gasteiger charge is -2.15. The van der Waals surface area contributed by atoms with Crippen molar-refractivity contribution in [3.8, 4) is 5.75 Å². The van der Waals surface area contributed by atoms with E-state index in [1.807, 2.05) is 0 Å². The Morgan fingerprint density at radius 3 is 2.65 bits per heavy atom. The van der Waals surface area contributed by atoms with Gasteiger partial charge in [-0.1, -0.05) is 0 Å². The molecular weight excluding hydrogens is 266 g/mol. The molecule has 1 fully saturated rings. The van der Waals surface area contributed by atoms with Crippen molar-refractivity contribution in [2.45, 2.75) is 12.5 Å². The summed E-state index contributed by atoms with van der Waals surface area (Å²) < 4.78 is 5.08. The predicted molar refractivity (Wildman–Crippen MR) is 69.5 cm³/mol. The molecular formula is C12H13N3O5. The number of benzene rings is 1. The molecule has 1 aliphatic heterocycles. The summed E-state index contributed by atoms with van der Waals surface area (Å²) in [5, 5.41) is 13.6. The van der Waals surface area contributed by atoms with E-state index >= 15 is 0 Å². The van der Waals surface area contributed by atoms with Crippen LogP contribution in [0.2, 0.25) is 0 Å². The number of non-ortho nitro benzene ring substituents is 1. The molecule has 1 unspecified atom stereocenters. The quantitative estimate of drug-likeness (QED) is 0.496. The summed E-state index contributed by atoms with van der Waals surface area (Å²) in [4.78, 5) is 34.5. The number of anilines is 1. The van der Waals surface area contributed by atoms with Crippen molar-refractivity contribution in [3.05, 3.63) is 28.3 Å². The Morgan fingerprint density at radius 1 is 1.45 bits per heavy atom. The number of imide groups is 1. The molecule has 1 aromatic carbocycles. The van der Waals surface area contributed by atoms with Crippen LogP contribution < -0.4 is 10.1 Å². The van der Waals surface area contributed by atoms with Gasteiger partial charge in [-0.25, -0.2) is 0 Å². The van der Waals surface area contributed by atoms with E-state index in [0.717, 1.165) is 4.90 Å². The van der Waals surface area contributed by atoms with E-state index in [0.29, 0.717) is 11.4 Å². The van der Waals surface area contributed by atoms with Crippen LogP contribution in [0.25, 0.3) is 0 Å². The van der Waals surface area contributed by atoms with Crippen molar-refractivity contribution < 1.29 is 19.2 Å². The summed E-state index contributed by atoms with van der Waals surface area (Å²) in [6.45, 7) is 0. The van der Waals surface area contributed by atoms with Gasteiger partial charge < -0.3 is 10.1 Å². The van der Waals surface area contributed by atoms with E-state index < -0.39 is 11.0 Å². The topological polar surface area (TPSA) is 102 Å². The summed E-state index contributed by atoms with van der Waals surface area (Å²) in [6.07, 6.45) is 0.0151. The van der Waals surface area contributed by atoms with E-state index in [1.165, 1.54) is 32.4 Å². The zero-order chi connectivity index (χ0) is 14.9. The first kappa shape index (κ1) is 13.8. The number of likely N-dealkylation sites (tertiary alicyclic amines) is 1. The van der Waals surface area contributed by atoms with E-state index in [-0.39, 0.29) is 23.9 Å². The fourth-order valence-corrected chi connectivity index (χ4v) is 1.98. The highest BCUT2D eigenvalue weighted by molar-refractivity contribution is 6.06. The number of carbonyl (C=O) groups is 2. The molecule has 8 heteroatoms. The second-order valence-electron chi connectivity index (χ2n) is 4.33. The van der Waals surface area contributed by atoms with Crippen molar-refractivity contribution >= 4 is 23.2 Å². The molecule has 1 atom stereocenters. The van der Waals surface area contributed by atoms with Gasteiger partial charge in [-0.05, 0) is 6.07 Å². The van der Waals surface area contributed by atoms with Crippen molar-refractivity contribution in [3.63, 3.8) is 0 Å². The van der Waals surface area contributed by atoms with Crippen molar-refractivity contribution in [2.24, 2.45) is 0 Å². The van der Waals surface area contributed by atoms with Crippen LogP contribution in [0, 0.1) is 10.1 Å². The fourth-order valence-electron chi connectivity index (χ4n) is 1.98. The number of methoxy groups -OCH3 is 1. The van der Waals surface area contributed by atoms with Crippen LogP contribution in [0.1, 0.15) is 6.42 Å². The van der Waals surface area contributed by atoms with Crippen LogP contribution in [0.5, 0.6) is 5.75 Å². The second kappa shape index (κ2) is 5.16. The van der Waals surface area contributed by atoms with Crippen molar-refractivity contribution in [1.29, 1.82) is 0 Å². The van der Waals surface area contributed by atoms with Gasteiger partial charge in [0.05, 0.1) is 24.1 Å². The standard InChI is InChI=1S/C12H13N3O5/c1-14-11(16)6-9(12(14)17)13-8-5-7(15(18)19)3-4-10(8)20-2/h3-5,9,13H,6H2,1-2H3. The highest BCUT2D eigenvalue weighted by atomic mass is 16.6. The molecule has 20 heavy (non-hydrogen) atoms. The highest BCUT2D eigenvalue weighted by Gasteiger charge is 2.36. The molecule has 1 N–H and O–H groups in total. The SMILES string of the molecule is COc1ccc([N+](=O)[O-])cc1NC1CC(=O)N(C)C1=O. The largest absolute Gasteiger partial charge is 0.495 e. The summed E-state index contributed by atoms with van der Waals surface area (Å²) >= 11 is 0. The number of nitrogens with one attached hydrogen (secondary N) is 1. The van der Waals surface area contributed by atoms with Gasteiger partial charge in [0, 0.05) is 19.2 Å². The Morgan fingerprint density at radius 2 is 2.15 bits per heavy atom. The Bertz CT molecular complexity index is 586. The molecule has 0 aliphatic carbocycles. The number of nitro benzene ring substituents is 1. The molecule has 0 spiro atoms. The average Bonchev–Trinajstić information content (AvgIpc) is 2.66. The Kier molecular flexibility index (Phi) is 3.55. The van der Waals surface area contributed by atoms with Gasteiger partial charge in [0.15, 0.2) is 0 Å². The third-order valence-corrected chi connectivity index (χ3v) is 3.11. The Balaban J connectivity index is 2.28. The predicted octanol–water partition coefficient (Wildman–Crippen LogP) is 0.773. The minimum atomic E-state index is -0.733.